The fourth-order valence-corrected chi connectivity index (χ4v) is 4.08. The number of ether oxygens (including phenoxy) is 1. The van der Waals surface area contributed by atoms with Crippen molar-refractivity contribution < 1.29 is 19.2 Å². The molecule has 2 aromatic carbocycles. The number of aryl methyl sites for hydroxylation is 1. The Balaban J connectivity index is 1.60. The Kier molecular flexibility index (Phi) is 8.25. The van der Waals surface area contributed by atoms with E-state index >= 15 is 0 Å². The number of nitrogens with zero attached hydrogens (tertiary/aromatic N) is 1. The molecule has 0 unspecified atom stereocenters. The number of hydrogen-bond donors (Lipinski definition) is 2. The zero-order valence-corrected chi connectivity index (χ0v) is 20.6. The lowest BCUT2D eigenvalue weighted by Crippen LogP contribution is -2.10. The first-order valence-corrected chi connectivity index (χ1v) is 11.8. The number of nitrogens with one attached hydrogen (secondary N) is 1. The molecule has 0 fully saturated rings. The zero-order valence-electron chi connectivity index (χ0n) is 19.8. The quantitative estimate of drug-likeness (QED) is 0.308. The van der Waals surface area contributed by atoms with Gasteiger partial charge in [0.05, 0.1) is 29.4 Å². The molecule has 3 rings (SSSR count). The summed E-state index contributed by atoms with van der Waals surface area (Å²) >= 11 is 6.27. The number of rotatable bonds is 11. The van der Waals surface area contributed by atoms with E-state index < -0.39 is 5.97 Å². The van der Waals surface area contributed by atoms with Crippen LogP contribution in [-0.4, -0.2) is 29.4 Å². The SMILES string of the molecule is CCCc1c(OCCCNc2ccc(CC(=O)O)cc2Cl)ccc2c(CC(C)(C)C)noc12. The monoisotopic (exact) mass is 472 g/mol. The van der Waals surface area contributed by atoms with Crippen LogP contribution in [-0.2, 0) is 24.1 Å². The van der Waals surface area contributed by atoms with Crippen molar-refractivity contribution in [2.24, 2.45) is 5.41 Å². The highest BCUT2D eigenvalue weighted by Gasteiger charge is 2.20. The van der Waals surface area contributed by atoms with Crippen LogP contribution in [0.2, 0.25) is 5.02 Å². The van der Waals surface area contributed by atoms with Gasteiger partial charge in [-0.2, -0.15) is 0 Å². The molecule has 2 N–H and O–H groups in total. The predicted octanol–water partition coefficient (Wildman–Crippen LogP) is 6.53. The molecule has 0 saturated heterocycles. The van der Waals surface area contributed by atoms with Crippen LogP contribution in [0.3, 0.4) is 0 Å². The molecular weight excluding hydrogens is 440 g/mol. The lowest BCUT2D eigenvalue weighted by molar-refractivity contribution is -0.136. The number of halogens is 1. The van der Waals surface area contributed by atoms with Crippen molar-refractivity contribution in [1.29, 1.82) is 0 Å². The number of fused-ring (bicyclic) bond motifs is 1. The van der Waals surface area contributed by atoms with Gasteiger partial charge in [-0.05, 0) is 54.5 Å². The Morgan fingerprint density at radius 1 is 1.24 bits per heavy atom. The van der Waals surface area contributed by atoms with Crippen molar-refractivity contribution in [1.82, 2.24) is 5.16 Å². The van der Waals surface area contributed by atoms with E-state index in [0.717, 1.165) is 59.3 Å². The molecule has 0 saturated carbocycles. The van der Waals surface area contributed by atoms with Crippen LogP contribution in [0.25, 0.3) is 11.0 Å². The van der Waals surface area contributed by atoms with E-state index in [9.17, 15) is 4.79 Å². The molecule has 6 nitrogen and oxygen atoms in total. The third-order valence-electron chi connectivity index (χ3n) is 5.26. The Morgan fingerprint density at radius 3 is 2.70 bits per heavy atom. The molecule has 0 aliphatic carbocycles. The van der Waals surface area contributed by atoms with Crippen LogP contribution in [0.4, 0.5) is 5.69 Å². The summed E-state index contributed by atoms with van der Waals surface area (Å²) in [6.07, 6.45) is 3.46. The van der Waals surface area contributed by atoms with E-state index in [-0.39, 0.29) is 11.8 Å². The van der Waals surface area contributed by atoms with Crippen LogP contribution in [0, 0.1) is 5.41 Å². The maximum absolute atomic E-state index is 10.8. The minimum absolute atomic E-state index is 0.0405. The van der Waals surface area contributed by atoms with Crippen LogP contribution < -0.4 is 10.1 Å². The van der Waals surface area contributed by atoms with E-state index in [2.05, 4.69) is 44.2 Å². The predicted molar refractivity (Wildman–Crippen MR) is 133 cm³/mol. The van der Waals surface area contributed by atoms with Crippen LogP contribution in [0.15, 0.2) is 34.9 Å². The topological polar surface area (TPSA) is 84.6 Å². The minimum atomic E-state index is -0.875. The van der Waals surface area contributed by atoms with E-state index in [1.54, 1.807) is 12.1 Å². The largest absolute Gasteiger partial charge is 0.493 e. The lowest BCUT2D eigenvalue weighted by atomic mass is 9.89. The summed E-state index contributed by atoms with van der Waals surface area (Å²) in [5.41, 5.74) is 4.51. The van der Waals surface area contributed by atoms with Crippen LogP contribution in [0.1, 0.15) is 57.4 Å². The number of benzene rings is 2. The van der Waals surface area contributed by atoms with Crippen molar-refractivity contribution in [2.75, 3.05) is 18.5 Å². The highest BCUT2D eigenvalue weighted by atomic mass is 35.5. The van der Waals surface area contributed by atoms with Crippen LogP contribution >= 0.6 is 11.6 Å². The number of hydrogen-bond acceptors (Lipinski definition) is 5. The Hall–Kier alpha value is -2.73. The first kappa shape index (κ1) is 24.9. The molecule has 178 valence electrons. The van der Waals surface area contributed by atoms with Gasteiger partial charge in [-0.25, -0.2) is 0 Å². The van der Waals surface area contributed by atoms with E-state index in [0.29, 0.717) is 23.7 Å². The van der Waals surface area contributed by atoms with Gasteiger partial charge < -0.3 is 19.7 Å². The fourth-order valence-electron chi connectivity index (χ4n) is 3.81. The summed E-state index contributed by atoms with van der Waals surface area (Å²) in [6, 6.07) is 9.36. The summed E-state index contributed by atoms with van der Waals surface area (Å²) in [7, 11) is 0. The second-order valence-electron chi connectivity index (χ2n) is 9.55. The number of carbonyl (C=O) groups is 1. The van der Waals surface area contributed by atoms with Gasteiger partial charge in [0.25, 0.3) is 0 Å². The van der Waals surface area contributed by atoms with Gasteiger partial charge in [0.15, 0.2) is 5.58 Å². The summed E-state index contributed by atoms with van der Waals surface area (Å²) in [5.74, 6) is -0.0285. The smallest absolute Gasteiger partial charge is 0.307 e. The average Bonchev–Trinajstić information content (AvgIpc) is 3.11. The van der Waals surface area contributed by atoms with Gasteiger partial charge in [0.1, 0.15) is 5.75 Å². The molecule has 0 atom stereocenters. The molecule has 1 heterocycles. The summed E-state index contributed by atoms with van der Waals surface area (Å²) in [6.45, 7) is 9.97. The van der Waals surface area contributed by atoms with Gasteiger partial charge >= 0.3 is 5.97 Å². The van der Waals surface area contributed by atoms with E-state index in [4.69, 9.17) is 26.0 Å². The summed E-state index contributed by atoms with van der Waals surface area (Å²) in [5, 5.41) is 18.1. The van der Waals surface area contributed by atoms with Gasteiger partial charge in [-0.3, -0.25) is 4.79 Å². The number of carboxylic acids is 1. The maximum atomic E-state index is 10.8. The van der Waals surface area contributed by atoms with Gasteiger partial charge in [0, 0.05) is 17.5 Å². The number of anilines is 1. The van der Waals surface area contributed by atoms with Gasteiger partial charge in [0.2, 0.25) is 0 Å². The first-order valence-electron chi connectivity index (χ1n) is 11.4. The second-order valence-corrected chi connectivity index (χ2v) is 9.96. The lowest BCUT2D eigenvalue weighted by Gasteiger charge is -2.16. The molecule has 1 aromatic heterocycles. The zero-order chi connectivity index (χ0) is 24.0. The molecule has 33 heavy (non-hydrogen) atoms. The highest BCUT2D eigenvalue weighted by Crippen LogP contribution is 2.33. The van der Waals surface area contributed by atoms with Crippen molar-refractivity contribution in [3.05, 3.63) is 52.2 Å². The molecule has 0 aliphatic heterocycles. The third kappa shape index (κ3) is 6.87. The minimum Gasteiger partial charge on any atom is -0.493 e. The highest BCUT2D eigenvalue weighted by molar-refractivity contribution is 6.33. The second kappa shape index (κ2) is 10.9. The Labute approximate surface area is 200 Å². The van der Waals surface area contributed by atoms with Gasteiger partial charge in [-0.1, -0.05) is 56.9 Å². The maximum Gasteiger partial charge on any atom is 0.307 e. The van der Waals surface area contributed by atoms with E-state index in [1.807, 2.05) is 12.1 Å². The molecular formula is C26H33ClN2O4. The number of aromatic nitrogens is 1. The number of aliphatic carboxylic acids is 1. The molecule has 0 bridgehead atoms. The third-order valence-corrected chi connectivity index (χ3v) is 5.57. The van der Waals surface area contributed by atoms with Gasteiger partial charge in [-0.15, -0.1) is 0 Å². The van der Waals surface area contributed by atoms with Crippen molar-refractivity contribution in [3.63, 3.8) is 0 Å². The Bertz CT molecular complexity index is 1100. The molecule has 3 aromatic rings. The molecule has 0 amide bonds. The van der Waals surface area contributed by atoms with Crippen LogP contribution in [0.5, 0.6) is 5.75 Å². The standard InChI is InChI=1S/C26H33ClN2O4/c1-5-7-19-23(11-9-18-22(16-26(2,3)4)29-33-25(18)19)32-13-6-12-28-21-10-8-17(14-20(21)27)15-24(30)31/h8-11,14,28H,5-7,12-13,15-16H2,1-4H3,(H,30,31). The average molecular weight is 473 g/mol. The van der Waals surface area contributed by atoms with E-state index in [1.165, 1.54) is 0 Å². The molecule has 7 heteroatoms. The molecule has 0 aliphatic rings. The van der Waals surface area contributed by atoms with Crippen molar-refractivity contribution >= 4 is 34.2 Å². The van der Waals surface area contributed by atoms with Crippen molar-refractivity contribution in [3.8, 4) is 5.75 Å². The summed E-state index contributed by atoms with van der Waals surface area (Å²) < 4.78 is 11.9. The number of carboxylic acid groups (broad SMARTS) is 1. The fraction of sp³-hybridized carbons (Fsp3) is 0.462. The van der Waals surface area contributed by atoms with Crippen molar-refractivity contribution in [2.45, 2.75) is 59.8 Å². The Morgan fingerprint density at radius 2 is 2.03 bits per heavy atom. The first-order chi connectivity index (χ1) is 15.7. The molecule has 0 radical (unpaired) electrons. The normalized spacial score (nSPS) is 11.7. The summed E-state index contributed by atoms with van der Waals surface area (Å²) in [4.78, 5) is 10.8. The molecule has 0 spiro atoms.